The monoisotopic (exact) mass is 461 g/mol. The first kappa shape index (κ1) is 23.3. The molecule has 1 N–H and O–H groups in total. The van der Waals surface area contributed by atoms with Crippen molar-refractivity contribution in [3.05, 3.63) is 101 Å². The Morgan fingerprint density at radius 2 is 1.58 bits per heavy atom. The maximum Gasteiger partial charge on any atom is 0.321 e. The van der Waals surface area contributed by atoms with Gasteiger partial charge in [-0.3, -0.25) is 0 Å². The Hall–Kier alpha value is -2.82. The van der Waals surface area contributed by atoms with Crippen LogP contribution in [0.15, 0.2) is 84.9 Å². The Bertz CT molecular complexity index is 980. The molecule has 1 fully saturated rings. The SMILES string of the molecule is CN(C(=O)Nc1cccc(Cl)c1)C1CCN(CCC(c2ccccc2)c2ccccc2)CC1. The summed E-state index contributed by atoms with van der Waals surface area (Å²) in [5.74, 6) is 0.399. The molecule has 4 nitrogen and oxygen atoms in total. The van der Waals surface area contributed by atoms with Crippen LogP contribution in [0.3, 0.4) is 0 Å². The molecule has 2 amide bonds. The minimum Gasteiger partial charge on any atom is -0.325 e. The topological polar surface area (TPSA) is 35.6 Å². The molecule has 1 saturated heterocycles. The van der Waals surface area contributed by atoms with E-state index in [1.54, 1.807) is 12.1 Å². The predicted octanol–water partition coefficient (Wildman–Crippen LogP) is 6.49. The highest BCUT2D eigenvalue weighted by molar-refractivity contribution is 6.30. The second-order valence-electron chi connectivity index (χ2n) is 8.79. The minimum atomic E-state index is -0.0797. The summed E-state index contributed by atoms with van der Waals surface area (Å²) >= 11 is 6.03. The van der Waals surface area contributed by atoms with Gasteiger partial charge in [0.25, 0.3) is 0 Å². The third-order valence-corrected chi connectivity index (χ3v) is 6.87. The van der Waals surface area contributed by atoms with Gasteiger partial charge in [0, 0.05) is 42.8 Å². The molecule has 33 heavy (non-hydrogen) atoms. The summed E-state index contributed by atoms with van der Waals surface area (Å²) in [6, 6.07) is 29.0. The molecule has 0 radical (unpaired) electrons. The lowest BCUT2D eigenvalue weighted by atomic mass is 9.88. The Balaban J connectivity index is 1.30. The number of anilines is 1. The highest BCUT2D eigenvalue weighted by Crippen LogP contribution is 2.29. The molecule has 5 heteroatoms. The van der Waals surface area contributed by atoms with Gasteiger partial charge in [-0.2, -0.15) is 0 Å². The number of nitrogens with one attached hydrogen (secondary N) is 1. The fraction of sp³-hybridized carbons (Fsp3) is 0.321. The molecular weight excluding hydrogens is 430 g/mol. The molecule has 1 aliphatic rings. The van der Waals surface area contributed by atoms with Crippen molar-refractivity contribution in [3.63, 3.8) is 0 Å². The van der Waals surface area contributed by atoms with Crippen LogP contribution in [0.2, 0.25) is 5.02 Å². The van der Waals surface area contributed by atoms with Gasteiger partial charge in [-0.05, 0) is 55.1 Å². The molecule has 0 bridgehead atoms. The Morgan fingerprint density at radius 1 is 0.970 bits per heavy atom. The van der Waals surface area contributed by atoms with Gasteiger partial charge in [0.2, 0.25) is 0 Å². The van der Waals surface area contributed by atoms with Crippen molar-refractivity contribution in [3.8, 4) is 0 Å². The molecular formula is C28H32ClN3O. The summed E-state index contributed by atoms with van der Waals surface area (Å²) in [5.41, 5.74) is 3.47. The van der Waals surface area contributed by atoms with Crippen LogP contribution in [0.1, 0.15) is 36.3 Å². The molecule has 0 atom stereocenters. The summed E-state index contributed by atoms with van der Waals surface area (Å²) in [5, 5.41) is 3.57. The fourth-order valence-electron chi connectivity index (χ4n) is 4.68. The largest absolute Gasteiger partial charge is 0.325 e. The van der Waals surface area contributed by atoms with Crippen LogP contribution in [-0.2, 0) is 0 Å². The molecule has 0 spiro atoms. The van der Waals surface area contributed by atoms with Gasteiger partial charge in [0.05, 0.1) is 0 Å². The van der Waals surface area contributed by atoms with E-state index in [2.05, 4.69) is 70.9 Å². The van der Waals surface area contributed by atoms with Gasteiger partial charge in [0.15, 0.2) is 0 Å². The summed E-state index contributed by atoms with van der Waals surface area (Å²) in [7, 11) is 1.89. The number of nitrogens with zero attached hydrogens (tertiary/aromatic N) is 2. The van der Waals surface area contributed by atoms with E-state index in [9.17, 15) is 4.79 Å². The number of piperidine rings is 1. The zero-order valence-electron chi connectivity index (χ0n) is 19.2. The average Bonchev–Trinajstić information content (AvgIpc) is 2.85. The molecule has 4 rings (SSSR count). The lowest BCUT2D eigenvalue weighted by Gasteiger charge is -2.37. The van der Waals surface area contributed by atoms with Crippen LogP contribution < -0.4 is 5.32 Å². The molecule has 3 aromatic rings. The van der Waals surface area contributed by atoms with E-state index in [0.29, 0.717) is 10.9 Å². The van der Waals surface area contributed by atoms with Crippen molar-refractivity contribution < 1.29 is 4.79 Å². The molecule has 1 aliphatic heterocycles. The third-order valence-electron chi connectivity index (χ3n) is 6.64. The van der Waals surface area contributed by atoms with Crippen LogP contribution in [0, 0.1) is 0 Å². The number of halogens is 1. The maximum absolute atomic E-state index is 12.7. The van der Waals surface area contributed by atoms with Crippen LogP contribution in [-0.4, -0.2) is 48.6 Å². The van der Waals surface area contributed by atoms with E-state index in [0.717, 1.165) is 44.6 Å². The number of rotatable bonds is 7. The van der Waals surface area contributed by atoms with Crippen molar-refractivity contribution >= 4 is 23.3 Å². The maximum atomic E-state index is 12.7. The van der Waals surface area contributed by atoms with Gasteiger partial charge < -0.3 is 15.1 Å². The van der Waals surface area contributed by atoms with Crippen LogP contribution in [0.5, 0.6) is 0 Å². The number of hydrogen-bond acceptors (Lipinski definition) is 2. The normalized spacial score (nSPS) is 14.9. The summed E-state index contributed by atoms with van der Waals surface area (Å²) < 4.78 is 0. The standard InChI is InChI=1S/C28H32ClN3O/c1-31(28(33)30-25-14-8-13-24(29)21-25)26-15-18-32(19-16-26)20-17-27(22-9-4-2-5-10-22)23-11-6-3-7-12-23/h2-14,21,26-27H,15-20H2,1H3,(H,30,33). The molecule has 0 aliphatic carbocycles. The van der Waals surface area contributed by atoms with E-state index < -0.39 is 0 Å². The quantitative estimate of drug-likeness (QED) is 0.436. The first-order chi connectivity index (χ1) is 16.1. The molecule has 172 valence electrons. The second kappa shape index (κ2) is 11.4. The van der Waals surface area contributed by atoms with E-state index >= 15 is 0 Å². The first-order valence-electron chi connectivity index (χ1n) is 11.7. The van der Waals surface area contributed by atoms with Gasteiger partial charge in [-0.15, -0.1) is 0 Å². The van der Waals surface area contributed by atoms with E-state index in [4.69, 9.17) is 11.6 Å². The lowest BCUT2D eigenvalue weighted by molar-refractivity contribution is 0.139. The zero-order chi connectivity index (χ0) is 23.0. The molecule has 0 saturated carbocycles. The van der Waals surface area contributed by atoms with Crippen LogP contribution in [0.25, 0.3) is 0 Å². The van der Waals surface area contributed by atoms with Crippen LogP contribution >= 0.6 is 11.6 Å². The highest BCUT2D eigenvalue weighted by Gasteiger charge is 2.26. The lowest BCUT2D eigenvalue weighted by Crippen LogP contribution is -2.47. The van der Waals surface area contributed by atoms with E-state index in [1.165, 1.54) is 11.1 Å². The number of amides is 2. The minimum absolute atomic E-state index is 0.0797. The van der Waals surface area contributed by atoms with Crippen molar-refractivity contribution in [1.29, 1.82) is 0 Å². The van der Waals surface area contributed by atoms with Gasteiger partial charge in [0.1, 0.15) is 0 Å². The van der Waals surface area contributed by atoms with Crippen molar-refractivity contribution in [2.24, 2.45) is 0 Å². The Labute approximate surface area is 202 Å². The number of benzene rings is 3. The third kappa shape index (κ3) is 6.37. The number of carbonyl (C=O) groups is 1. The molecule has 1 heterocycles. The van der Waals surface area contributed by atoms with Crippen molar-refractivity contribution in [1.82, 2.24) is 9.80 Å². The predicted molar refractivity (Wildman–Crippen MR) is 137 cm³/mol. The molecule has 0 unspecified atom stereocenters. The summed E-state index contributed by atoms with van der Waals surface area (Å²) in [6.07, 6.45) is 3.06. The van der Waals surface area contributed by atoms with E-state index in [-0.39, 0.29) is 12.1 Å². The van der Waals surface area contributed by atoms with Crippen molar-refractivity contribution in [2.75, 3.05) is 32.0 Å². The van der Waals surface area contributed by atoms with Crippen molar-refractivity contribution in [2.45, 2.75) is 31.2 Å². The summed E-state index contributed by atoms with van der Waals surface area (Å²) in [4.78, 5) is 17.1. The van der Waals surface area contributed by atoms with Gasteiger partial charge in [-0.25, -0.2) is 4.79 Å². The fourth-order valence-corrected chi connectivity index (χ4v) is 4.87. The molecule has 0 aromatic heterocycles. The Morgan fingerprint density at radius 3 is 2.15 bits per heavy atom. The van der Waals surface area contributed by atoms with Crippen LogP contribution in [0.4, 0.5) is 10.5 Å². The highest BCUT2D eigenvalue weighted by atomic mass is 35.5. The van der Waals surface area contributed by atoms with Gasteiger partial charge >= 0.3 is 6.03 Å². The number of carbonyl (C=O) groups excluding carboxylic acids is 1. The van der Waals surface area contributed by atoms with Gasteiger partial charge in [-0.1, -0.05) is 78.3 Å². The summed E-state index contributed by atoms with van der Waals surface area (Å²) in [6.45, 7) is 3.07. The first-order valence-corrected chi connectivity index (χ1v) is 12.1. The smallest absolute Gasteiger partial charge is 0.321 e. The number of likely N-dealkylation sites (tertiary alicyclic amines) is 1. The number of hydrogen-bond donors (Lipinski definition) is 1. The molecule has 3 aromatic carbocycles. The van der Waals surface area contributed by atoms with E-state index in [1.807, 2.05) is 24.1 Å². The Kier molecular flexibility index (Phi) is 8.03. The second-order valence-corrected chi connectivity index (χ2v) is 9.22. The zero-order valence-corrected chi connectivity index (χ0v) is 19.9. The average molecular weight is 462 g/mol. The number of urea groups is 1.